The number of guanidine groups is 1. The smallest absolute Gasteiger partial charge is 0.201 e. The van der Waals surface area contributed by atoms with Gasteiger partial charge in [-0.2, -0.15) is 0 Å². The summed E-state index contributed by atoms with van der Waals surface area (Å²) in [6.45, 7) is 6.33. The van der Waals surface area contributed by atoms with E-state index in [1.807, 2.05) is 0 Å². The summed E-state index contributed by atoms with van der Waals surface area (Å²) in [5.41, 5.74) is 3.59. The molecule has 0 aromatic heterocycles. The normalized spacial score (nSPS) is 15.9. The van der Waals surface area contributed by atoms with E-state index < -0.39 is 0 Å². The summed E-state index contributed by atoms with van der Waals surface area (Å²) in [6, 6.07) is 6.38. The quantitative estimate of drug-likeness (QED) is 0.718. The van der Waals surface area contributed by atoms with E-state index >= 15 is 0 Å². The molecule has 3 heteroatoms. The second-order valence-corrected chi connectivity index (χ2v) is 4.54. The predicted molar refractivity (Wildman–Crippen MR) is 68.3 cm³/mol. The first-order chi connectivity index (χ1) is 7.58. The molecular weight excluding hydrogens is 198 g/mol. The van der Waals surface area contributed by atoms with Gasteiger partial charge in [0.1, 0.15) is 0 Å². The first-order valence-electron chi connectivity index (χ1n) is 5.66. The zero-order chi connectivity index (χ0) is 11.7. The largest absolute Gasteiger partial charge is 0.344 e. The van der Waals surface area contributed by atoms with Crippen LogP contribution in [0.1, 0.15) is 11.1 Å². The highest BCUT2D eigenvalue weighted by Gasteiger charge is 2.19. The average Bonchev–Trinajstić information content (AvgIpc) is 2.53. The molecule has 1 aliphatic rings. The molecule has 1 aliphatic heterocycles. The van der Waals surface area contributed by atoms with Crippen LogP contribution in [0.5, 0.6) is 0 Å². The van der Waals surface area contributed by atoms with Crippen LogP contribution in [0, 0.1) is 13.8 Å². The number of likely N-dealkylation sites (N-methyl/N-ethyl adjacent to an activating group) is 2. The Hall–Kier alpha value is -1.51. The van der Waals surface area contributed by atoms with Gasteiger partial charge in [-0.05, 0) is 25.5 Å². The van der Waals surface area contributed by atoms with Crippen molar-refractivity contribution in [1.29, 1.82) is 0 Å². The molecule has 0 amide bonds. The highest BCUT2D eigenvalue weighted by molar-refractivity contribution is 5.84. The molecule has 0 aliphatic carbocycles. The Labute approximate surface area is 97.4 Å². The molecule has 86 valence electrons. The highest BCUT2D eigenvalue weighted by Crippen LogP contribution is 2.21. The Balaban J connectivity index is 2.35. The molecule has 0 saturated carbocycles. The second kappa shape index (κ2) is 4.16. The molecule has 1 heterocycles. The summed E-state index contributed by atoms with van der Waals surface area (Å²) in [5, 5.41) is 0. The van der Waals surface area contributed by atoms with Crippen LogP contribution in [0.3, 0.4) is 0 Å². The van der Waals surface area contributed by atoms with Gasteiger partial charge in [0, 0.05) is 27.2 Å². The Morgan fingerprint density at radius 1 is 1.06 bits per heavy atom. The fraction of sp³-hybridized carbons (Fsp3) is 0.462. The zero-order valence-electron chi connectivity index (χ0n) is 10.5. The molecule has 0 atom stereocenters. The Morgan fingerprint density at radius 3 is 2.25 bits per heavy atom. The van der Waals surface area contributed by atoms with E-state index in [-0.39, 0.29) is 0 Å². The number of hydrogen-bond donors (Lipinski definition) is 0. The maximum atomic E-state index is 4.73. The highest BCUT2D eigenvalue weighted by atomic mass is 15.4. The van der Waals surface area contributed by atoms with E-state index in [4.69, 9.17) is 4.99 Å². The van der Waals surface area contributed by atoms with Crippen LogP contribution in [-0.4, -0.2) is 42.9 Å². The van der Waals surface area contributed by atoms with Crippen LogP contribution in [-0.2, 0) is 0 Å². The zero-order valence-corrected chi connectivity index (χ0v) is 10.5. The minimum atomic E-state index is 1.06. The molecule has 0 radical (unpaired) electrons. The lowest BCUT2D eigenvalue weighted by Crippen LogP contribution is -2.27. The van der Waals surface area contributed by atoms with E-state index in [2.05, 4.69) is 55.9 Å². The standard InChI is InChI=1S/C13H19N3/c1-10-5-6-12(11(2)9-10)14-13-15(3)7-8-16(13)4/h5-6,9H,7-8H2,1-4H3. The lowest BCUT2D eigenvalue weighted by Gasteiger charge is -2.16. The maximum absolute atomic E-state index is 4.73. The molecule has 3 nitrogen and oxygen atoms in total. The first kappa shape index (κ1) is 11.0. The van der Waals surface area contributed by atoms with Crippen molar-refractivity contribution in [2.45, 2.75) is 13.8 Å². The molecule has 0 unspecified atom stereocenters. The van der Waals surface area contributed by atoms with E-state index in [0.717, 1.165) is 24.7 Å². The van der Waals surface area contributed by atoms with E-state index in [0.29, 0.717) is 0 Å². The third kappa shape index (κ3) is 2.03. The van der Waals surface area contributed by atoms with Crippen LogP contribution in [0.25, 0.3) is 0 Å². The summed E-state index contributed by atoms with van der Waals surface area (Å²) >= 11 is 0. The molecular formula is C13H19N3. The van der Waals surface area contributed by atoms with Gasteiger partial charge in [0.2, 0.25) is 5.96 Å². The van der Waals surface area contributed by atoms with Gasteiger partial charge in [-0.3, -0.25) is 0 Å². The van der Waals surface area contributed by atoms with Crippen LogP contribution in [0.15, 0.2) is 23.2 Å². The maximum Gasteiger partial charge on any atom is 0.201 e. The minimum absolute atomic E-state index is 1.06. The number of aryl methyl sites for hydroxylation is 2. The topological polar surface area (TPSA) is 18.8 Å². The van der Waals surface area contributed by atoms with Gasteiger partial charge < -0.3 is 9.80 Å². The van der Waals surface area contributed by atoms with E-state index in [1.54, 1.807) is 0 Å². The van der Waals surface area contributed by atoms with Gasteiger partial charge in [0.05, 0.1) is 5.69 Å². The van der Waals surface area contributed by atoms with Gasteiger partial charge in [-0.1, -0.05) is 17.7 Å². The fourth-order valence-corrected chi connectivity index (χ4v) is 2.00. The van der Waals surface area contributed by atoms with Gasteiger partial charge in [-0.15, -0.1) is 0 Å². The number of hydrogen-bond acceptors (Lipinski definition) is 1. The van der Waals surface area contributed by atoms with Crippen molar-refractivity contribution in [2.24, 2.45) is 4.99 Å². The predicted octanol–water partition coefficient (Wildman–Crippen LogP) is 2.17. The summed E-state index contributed by atoms with van der Waals surface area (Å²) in [4.78, 5) is 9.12. The van der Waals surface area contributed by atoms with Crippen molar-refractivity contribution in [3.63, 3.8) is 0 Å². The van der Waals surface area contributed by atoms with Crippen molar-refractivity contribution in [2.75, 3.05) is 27.2 Å². The first-order valence-corrected chi connectivity index (χ1v) is 5.66. The third-order valence-corrected chi connectivity index (χ3v) is 3.03. The number of aliphatic imine (C=N–C) groups is 1. The summed E-state index contributed by atoms with van der Waals surface area (Å²) < 4.78 is 0. The molecule has 2 rings (SSSR count). The average molecular weight is 217 g/mol. The van der Waals surface area contributed by atoms with Gasteiger partial charge in [-0.25, -0.2) is 4.99 Å². The summed E-state index contributed by atoms with van der Waals surface area (Å²) in [6.07, 6.45) is 0. The van der Waals surface area contributed by atoms with Crippen LogP contribution >= 0.6 is 0 Å². The fourth-order valence-electron chi connectivity index (χ4n) is 2.00. The minimum Gasteiger partial charge on any atom is -0.344 e. The Morgan fingerprint density at radius 2 is 1.69 bits per heavy atom. The monoisotopic (exact) mass is 217 g/mol. The molecule has 0 bridgehead atoms. The molecule has 0 N–H and O–H groups in total. The molecule has 16 heavy (non-hydrogen) atoms. The Kier molecular flexibility index (Phi) is 2.86. The number of nitrogens with zero attached hydrogens (tertiary/aromatic N) is 3. The van der Waals surface area contributed by atoms with Crippen LogP contribution in [0.2, 0.25) is 0 Å². The molecule has 1 aromatic rings. The number of rotatable bonds is 1. The van der Waals surface area contributed by atoms with Gasteiger partial charge in [0.25, 0.3) is 0 Å². The lowest BCUT2D eigenvalue weighted by atomic mass is 10.1. The lowest BCUT2D eigenvalue weighted by molar-refractivity contribution is 0.553. The molecule has 0 spiro atoms. The summed E-state index contributed by atoms with van der Waals surface area (Å²) in [5.74, 6) is 1.06. The third-order valence-electron chi connectivity index (χ3n) is 3.03. The van der Waals surface area contributed by atoms with Crippen molar-refractivity contribution < 1.29 is 0 Å². The van der Waals surface area contributed by atoms with Crippen molar-refractivity contribution in [3.8, 4) is 0 Å². The van der Waals surface area contributed by atoms with Crippen molar-refractivity contribution in [1.82, 2.24) is 9.80 Å². The van der Waals surface area contributed by atoms with Gasteiger partial charge in [0.15, 0.2) is 0 Å². The van der Waals surface area contributed by atoms with Crippen molar-refractivity contribution >= 4 is 11.6 Å². The van der Waals surface area contributed by atoms with E-state index in [1.165, 1.54) is 11.1 Å². The molecule has 1 fully saturated rings. The summed E-state index contributed by atoms with van der Waals surface area (Å²) in [7, 11) is 4.18. The van der Waals surface area contributed by atoms with Crippen molar-refractivity contribution in [3.05, 3.63) is 29.3 Å². The SMILES string of the molecule is Cc1ccc(N=C2N(C)CCN2C)c(C)c1. The van der Waals surface area contributed by atoms with Crippen LogP contribution in [0.4, 0.5) is 5.69 Å². The molecule has 1 aromatic carbocycles. The second-order valence-electron chi connectivity index (χ2n) is 4.54. The van der Waals surface area contributed by atoms with Gasteiger partial charge >= 0.3 is 0 Å². The van der Waals surface area contributed by atoms with E-state index in [9.17, 15) is 0 Å². The van der Waals surface area contributed by atoms with Crippen LogP contribution < -0.4 is 0 Å². The molecule has 1 saturated heterocycles. The number of benzene rings is 1. The Bertz CT molecular complexity index is 411.